The second-order valence-electron chi connectivity index (χ2n) is 7.45. The number of ether oxygens (including phenoxy) is 1. The van der Waals surface area contributed by atoms with Crippen molar-refractivity contribution >= 4 is 11.0 Å². The van der Waals surface area contributed by atoms with Crippen LogP contribution in [0.3, 0.4) is 0 Å². The van der Waals surface area contributed by atoms with Gasteiger partial charge < -0.3 is 9.30 Å². The normalized spacial score (nSPS) is 11.5. The Labute approximate surface area is 157 Å². The lowest BCUT2D eigenvalue weighted by Crippen LogP contribution is -2.14. The summed E-state index contributed by atoms with van der Waals surface area (Å²) >= 11 is 0. The van der Waals surface area contributed by atoms with Gasteiger partial charge in [-0.05, 0) is 64.2 Å². The Balaban J connectivity index is 2.26. The van der Waals surface area contributed by atoms with Crippen LogP contribution in [-0.2, 0) is 0 Å². The predicted octanol–water partition coefficient (Wildman–Crippen LogP) is 6.14. The van der Waals surface area contributed by atoms with E-state index in [-0.39, 0.29) is 6.10 Å². The maximum absolute atomic E-state index is 6.36. The second-order valence-corrected chi connectivity index (χ2v) is 7.45. The van der Waals surface area contributed by atoms with Gasteiger partial charge in [-0.25, -0.2) is 4.98 Å². The van der Waals surface area contributed by atoms with Crippen molar-refractivity contribution < 1.29 is 4.74 Å². The topological polar surface area (TPSA) is 27.1 Å². The van der Waals surface area contributed by atoms with Crippen LogP contribution in [0, 0.1) is 34.6 Å². The van der Waals surface area contributed by atoms with E-state index in [1.807, 2.05) is 6.92 Å². The predicted molar refractivity (Wildman–Crippen MR) is 110 cm³/mol. The average Bonchev–Trinajstić information content (AvgIpc) is 2.88. The zero-order chi connectivity index (χ0) is 19.0. The molecule has 0 radical (unpaired) electrons. The van der Waals surface area contributed by atoms with Crippen LogP contribution in [0.4, 0.5) is 0 Å². The van der Waals surface area contributed by atoms with Gasteiger partial charge in [0.05, 0.1) is 17.2 Å². The molecule has 0 spiro atoms. The highest BCUT2D eigenvalue weighted by Crippen LogP contribution is 2.34. The van der Waals surface area contributed by atoms with Crippen molar-refractivity contribution in [2.45, 2.75) is 67.4 Å². The summed E-state index contributed by atoms with van der Waals surface area (Å²) in [5, 5.41) is 1.13. The number of hydrogen-bond acceptors (Lipinski definition) is 2. The molecule has 0 amide bonds. The molecule has 0 saturated carbocycles. The fraction of sp³-hybridized carbons (Fsp3) is 0.435. The molecule has 0 fully saturated rings. The molecule has 0 aliphatic rings. The zero-order valence-electron chi connectivity index (χ0n) is 17.1. The minimum atomic E-state index is 0.241. The van der Waals surface area contributed by atoms with Crippen LogP contribution in [0.25, 0.3) is 16.7 Å². The number of fused-ring (bicyclic) bond motifs is 1. The van der Waals surface area contributed by atoms with Gasteiger partial charge in [0.2, 0.25) is 0 Å². The largest absolute Gasteiger partial charge is 0.490 e. The van der Waals surface area contributed by atoms with Crippen molar-refractivity contribution in [3.63, 3.8) is 0 Å². The number of nitrogens with zero attached hydrogens (tertiary/aromatic N) is 2. The molecule has 0 aliphatic carbocycles. The summed E-state index contributed by atoms with van der Waals surface area (Å²) in [4.78, 5) is 4.88. The van der Waals surface area contributed by atoms with Gasteiger partial charge >= 0.3 is 0 Å². The highest BCUT2D eigenvalue weighted by atomic mass is 16.5. The van der Waals surface area contributed by atoms with Crippen LogP contribution in [0.15, 0.2) is 24.4 Å². The van der Waals surface area contributed by atoms with Crippen LogP contribution < -0.4 is 4.74 Å². The Kier molecular flexibility index (Phi) is 5.08. The Morgan fingerprint density at radius 3 is 2.12 bits per heavy atom. The van der Waals surface area contributed by atoms with Crippen molar-refractivity contribution in [3.05, 3.63) is 52.3 Å². The fourth-order valence-electron chi connectivity index (χ4n) is 3.94. The van der Waals surface area contributed by atoms with Crippen LogP contribution in [0.5, 0.6) is 5.75 Å². The highest BCUT2D eigenvalue weighted by Gasteiger charge is 2.18. The Morgan fingerprint density at radius 1 is 0.923 bits per heavy atom. The molecule has 0 unspecified atom stereocenters. The number of rotatable bonds is 5. The lowest BCUT2D eigenvalue weighted by molar-refractivity contribution is 0.195. The molecule has 3 rings (SSSR count). The van der Waals surface area contributed by atoms with Gasteiger partial charge in [-0.1, -0.05) is 31.5 Å². The SMILES string of the molecule is CCC(CC)Oc1cc(C)nc2c1c(C)cn2-c1c(C)cc(C)cc1C. The number of aryl methyl sites for hydroxylation is 5. The molecule has 2 aromatic heterocycles. The molecule has 0 atom stereocenters. The molecule has 1 aromatic carbocycles. The maximum atomic E-state index is 6.36. The van der Waals surface area contributed by atoms with Gasteiger partial charge in [0, 0.05) is 18.0 Å². The summed E-state index contributed by atoms with van der Waals surface area (Å²) in [5.41, 5.74) is 8.22. The Hall–Kier alpha value is -2.29. The summed E-state index contributed by atoms with van der Waals surface area (Å²) in [6.07, 6.45) is 4.46. The Morgan fingerprint density at radius 2 is 1.54 bits per heavy atom. The van der Waals surface area contributed by atoms with E-state index in [1.165, 1.54) is 27.9 Å². The first-order valence-electron chi connectivity index (χ1n) is 9.59. The lowest BCUT2D eigenvalue weighted by Gasteiger charge is -2.18. The summed E-state index contributed by atoms with van der Waals surface area (Å²) < 4.78 is 8.60. The van der Waals surface area contributed by atoms with Gasteiger partial charge in [0.25, 0.3) is 0 Å². The molecule has 0 aliphatic heterocycles. The number of pyridine rings is 1. The lowest BCUT2D eigenvalue weighted by atomic mass is 10.1. The fourth-order valence-corrected chi connectivity index (χ4v) is 3.94. The molecule has 3 aromatic rings. The van der Waals surface area contributed by atoms with E-state index in [1.54, 1.807) is 0 Å². The van der Waals surface area contributed by atoms with E-state index in [0.717, 1.165) is 35.3 Å². The van der Waals surface area contributed by atoms with Crippen LogP contribution in [0.2, 0.25) is 0 Å². The van der Waals surface area contributed by atoms with Gasteiger partial charge in [-0.2, -0.15) is 0 Å². The van der Waals surface area contributed by atoms with E-state index in [4.69, 9.17) is 9.72 Å². The smallest absolute Gasteiger partial charge is 0.148 e. The Bertz CT molecular complexity index is 925. The molecule has 138 valence electrons. The third kappa shape index (κ3) is 3.23. The van der Waals surface area contributed by atoms with Crippen molar-refractivity contribution in [2.75, 3.05) is 0 Å². The molecular weight excluding hydrogens is 320 g/mol. The summed E-state index contributed by atoms with van der Waals surface area (Å²) in [6, 6.07) is 6.55. The van der Waals surface area contributed by atoms with Gasteiger partial charge in [0.15, 0.2) is 0 Å². The monoisotopic (exact) mass is 350 g/mol. The highest BCUT2D eigenvalue weighted by molar-refractivity contribution is 5.89. The maximum Gasteiger partial charge on any atom is 0.148 e. The molecule has 3 nitrogen and oxygen atoms in total. The summed E-state index contributed by atoms with van der Waals surface area (Å²) in [6.45, 7) is 15.0. The van der Waals surface area contributed by atoms with E-state index >= 15 is 0 Å². The van der Waals surface area contributed by atoms with E-state index in [9.17, 15) is 0 Å². The first kappa shape index (κ1) is 18.5. The average molecular weight is 351 g/mol. The molecule has 26 heavy (non-hydrogen) atoms. The van der Waals surface area contributed by atoms with Crippen molar-refractivity contribution in [1.29, 1.82) is 0 Å². The molecular formula is C23H30N2O. The van der Waals surface area contributed by atoms with Gasteiger partial charge in [-0.15, -0.1) is 0 Å². The summed E-state index contributed by atoms with van der Waals surface area (Å²) in [5.74, 6) is 0.958. The van der Waals surface area contributed by atoms with Crippen LogP contribution in [0.1, 0.15) is 54.6 Å². The third-order valence-corrected chi connectivity index (χ3v) is 5.12. The first-order valence-corrected chi connectivity index (χ1v) is 9.59. The molecule has 0 N–H and O–H groups in total. The number of benzene rings is 1. The number of hydrogen-bond donors (Lipinski definition) is 0. The molecule has 0 saturated heterocycles. The molecule has 2 heterocycles. The van der Waals surface area contributed by atoms with Gasteiger partial charge in [-0.3, -0.25) is 0 Å². The van der Waals surface area contributed by atoms with Crippen molar-refractivity contribution in [3.8, 4) is 11.4 Å². The second kappa shape index (κ2) is 7.14. The van der Waals surface area contributed by atoms with Crippen LogP contribution >= 0.6 is 0 Å². The minimum absolute atomic E-state index is 0.241. The van der Waals surface area contributed by atoms with E-state index < -0.39 is 0 Å². The van der Waals surface area contributed by atoms with E-state index in [0.29, 0.717) is 0 Å². The third-order valence-electron chi connectivity index (χ3n) is 5.12. The van der Waals surface area contributed by atoms with Gasteiger partial charge in [0.1, 0.15) is 11.4 Å². The standard InChI is InChI=1S/C23H30N2O/c1-8-19(9-2)26-20-12-18(7)24-23-21(20)17(6)13-25(23)22-15(4)10-14(3)11-16(22)5/h10-13,19H,8-9H2,1-7H3. The van der Waals surface area contributed by atoms with Crippen molar-refractivity contribution in [2.24, 2.45) is 0 Å². The number of aromatic nitrogens is 2. The van der Waals surface area contributed by atoms with Crippen LogP contribution in [-0.4, -0.2) is 15.7 Å². The zero-order valence-corrected chi connectivity index (χ0v) is 17.1. The van der Waals surface area contributed by atoms with Crippen molar-refractivity contribution in [1.82, 2.24) is 9.55 Å². The summed E-state index contributed by atoms with van der Waals surface area (Å²) in [7, 11) is 0. The first-order chi connectivity index (χ1) is 12.3. The molecule has 3 heteroatoms. The molecule has 0 bridgehead atoms. The quantitative estimate of drug-likeness (QED) is 0.553. The minimum Gasteiger partial charge on any atom is -0.490 e. The van der Waals surface area contributed by atoms with E-state index in [2.05, 4.69) is 70.5 Å².